The van der Waals surface area contributed by atoms with Crippen LogP contribution in [-0.2, 0) is 18.4 Å². The quantitative estimate of drug-likeness (QED) is 0.795. The molecule has 2 aromatic rings. The molecule has 0 radical (unpaired) electrons. The van der Waals surface area contributed by atoms with Crippen molar-refractivity contribution in [2.24, 2.45) is 0 Å². The van der Waals surface area contributed by atoms with E-state index in [4.69, 9.17) is 12.2 Å². The van der Waals surface area contributed by atoms with Gasteiger partial charge in [0.25, 0.3) is 0 Å². The van der Waals surface area contributed by atoms with Crippen LogP contribution in [0.5, 0.6) is 0 Å². The minimum absolute atomic E-state index is 0.464. The van der Waals surface area contributed by atoms with Gasteiger partial charge in [0, 0.05) is 18.4 Å². The summed E-state index contributed by atoms with van der Waals surface area (Å²) in [5, 5.41) is 0.780. The molecule has 0 unspecified atom stereocenters. The van der Waals surface area contributed by atoms with Crippen LogP contribution in [0.4, 0.5) is 8.78 Å². The SMILES string of the molecule is FC(F)C1(c2cc3c(=S)nc4n(c3cn2)CCC4)CC1. The van der Waals surface area contributed by atoms with Crippen molar-refractivity contribution in [1.29, 1.82) is 0 Å². The summed E-state index contributed by atoms with van der Waals surface area (Å²) in [6, 6.07) is 1.73. The zero-order valence-corrected chi connectivity index (χ0v) is 11.6. The van der Waals surface area contributed by atoms with E-state index in [9.17, 15) is 8.78 Å². The van der Waals surface area contributed by atoms with Gasteiger partial charge in [-0.15, -0.1) is 0 Å². The van der Waals surface area contributed by atoms with Crippen molar-refractivity contribution in [1.82, 2.24) is 14.5 Å². The third-order valence-electron chi connectivity index (χ3n) is 4.44. The van der Waals surface area contributed by atoms with E-state index in [0.29, 0.717) is 23.2 Å². The van der Waals surface area contributed by atoms with Crippen LogP contribution in [0.2, 0.25) is 0 Å². The summed E-state index contributed by atoms with van der Waals surface area (Å²) in [5.41, 5.74) is 0.345. The molecule has 2 aliphatic rings. The summed E-state index contributed by atoms with van der Waals surface area (Å²) < 4.78 is 29.0. The fourth-order valence-corrected chi connectivity index (χ4v) is 3.31. The Morgan fingerprint density at radius 2 is 2.15 bits per heavy atom. The predicted molar refractivity (Wildman–Crippen MR) is 73.6 cm³/mol. The van der Waals surface area contributed by atoms with Crippen LogP contribution in [0.1, 0.15) is 30.8 Å². The lowest BCUT2D eigenvalue weighted by atomic mass is 10.0. The lowest BCUT2D eigenvalue weighted by Crippen LogP contribution is -2.19. The second-order valence-electron chi connectivity index (χ2n) is 5.63. The Bertz CT molecular complexity index is 765. The van der Waals surface area contributed by atoms with Gasteiger partial charge in [-0.3, -0.25) is 4.98 Å². The Labute approximate surface area is 119 Å². The van der Waals surface area contributed by atoms with Crippen LogP contribution in [0.3, 0.4) is 0 Å². The second kappa shape index (κ2) is 4.04. The van der Waals surface area contributed by atoms with Gasteiger partial charge in [-0.1, -0.05) is 12.2 Å². The van der Waals surface area contributed by atoms with E-state index >= 15 is 0 Å². The Kier molecular flexibility index (Phi) is 2.49. The van der Waals surface area contributed by atoms with E-state index in [1.165, 1.54) is 0 Å². The fourth-order valence-electron chi connectivity index (χ4n) is 3.04. The summed E-state index contributed by atoms with van der Waals surface area (Å²) in [6.45, 7) is 0.898. The molecule has 0 atom stereocenters. The van der Waals surface area contributed by atoms with Gasteiger partial charge in [-0.25, -0.2) is 13.8 Å². The number of halogens is 2. The standard InChI is InChI=1S/C14H13F2N3S/c15-13(16)14(3-4-14)10-6-8-9(7-17-10)19-5-1-2-11(19)18-12(8)20/h6-7,13H,1-5H2. The molecule has 6 heteroatoms. The molecule has 0 spiro atoms. The molecule has 0 bridgehead atoms. The maximum absolute atomic E-state index is 13.2. The van der Waals surface area contributed by atoms with E-state index in [1.54, 1.807) is 12.3 Å². The molecule has 0 saturated heterocycles. The van der Waals surface area contributed by atoms with Gasteiger partial charge in [0.05, 0.1) is 22.8 Å². The second-order valence-corrected chi connectivity index (χ2v) is 6.02. The Hall–Kier alpha value is -1.43. The van der Waals surface area contributed by atoms with Crippen molar-refractivity contribution in [2.75, 3.05) is 0 Å². The smallest absolute Gasteiger partial charge is 0.249 e. The highest BCUT2D eigenvalue weighted by atomic mass is 32.1. The number of fused-ring (bicyclic) bond motifs is 3. The number of aryl methyl sites for hydroxylation is 2. The largest absolute Gasteiger partial charge is 0.328 e. The number of hydrogen-bond donors (Lipinski definition) is 0. The van der Waals surface area contributed by atoms with Crippen molar-refractivity contribution < 1.29 is 8.78 Å². The van der Waals surface area contributed by atoms with Crippen molar-refractivity contribution >= 4 is 23.1 Å². The molecule has 0 aromatic carbocycles. The number of rotatable bonds is 2. The molecule has 3 nitrogen and oxygen atoms in total. The molecule has 1 fully saturated rings. The first-order valence-corrected chi connectivity index (χ1v) is 7.21. The van der Waals surface area contributed by atoms with Gasteiger partial charge in [0.15, 0.2) is 0 Å². The third-order valence-corrected chi connectivity index (χ3v) is 4.76. The van der Waals surface area contributed by atoms with Gasteiger partial charge < -0.3 is 4.57 Å². The van der Waals surface area contributed by atoms with Crippen LogP contribution in [0.15, 0.2) is 12.3 Å². The molecule has 0 N–H and O–H groups in total. The molecule has 3 heterocycles. The Morgan fingerprint density at radius 3 is 2.85 bits per heavy atom. The summed E-state index contributed by atoms with van der Waals surface area (Å²) in [5.74, 6) is 0.979. The molecule has 0 amide bonds. The van der Waals surface area contributed by atoms with Crippen molar-refractivity contribution in [3.05, 3.63) is 28.4 Å². The molecule has 2 aromatic heterocycles. The van der Waals surface area contributed by atoms with Crippen LogP contribution in [0, 0.1) is 4.64 Å². The number of pyridine rings is 1. The molecule has 20 heavy (non-hydrogen) atoms. The van der Waals surface area contributed by atoms with Gasteiger partial charge in [0.2, 0.25) is 6.43 Å². The predicted octanol–water partition coefficient (Wildman–Crippen LogP) is 3.40. The minimum atomic E-state index is -2.36. The molecule has 104 valence electrons. The highest BCUT2D eigenvalue weighted by molar-refractivity contribution is 7.71. The van der Waals surface area contributed by atoms with Crippen LogP contribution < -0.4 is 0 Å². The van der Waals surface area contributed by atoms with Gasteiger partial charge in [-0.2, -0.15) is 0 Å². The maximum Gasteiger partial charge on any atom is 0.249 e. The van der Waals surface area contributed by atoms with Gasteiger partial charge in [0.1, 0.15) is 10.5 Å². The number of nitrogens with zero attached hydrogens (tertiary/aromatic N) is 3. The highest BCUT2D eigenvalue weighted by Crippen LogP contribution is 2.52. The zero-order chi connectivity index (χ0) is 13.9. The maximum atomic E-state index is 13.2. The topological polar surface area (TPSA) is 30.7 Å². The first-order valence-electron chi connectivity index (χ1n) is 6.80. The summed E-state index contributed by atoms with van der Waals surface area (Å²) >= 11 is 5.32. The number of alkyl halides is 2. The fraction of sp³-hybridized carbons (Fsp3) is 0.500. The molecule has 4 rings (SSSR count). The summed E-state index contributed by atoms with van der Waals surface area (Å²) in [6.07, 6.45) is 2.30. The average molecular weight is 293 g/mol. The lowest BCUT2D eigenvalue weighted by Gasteiger charge is -2.15. The number of hydrogen-bond acceptors (Lipinski definition) is 3. The van der Waals surface area contributed by atoms with E-state index < -0.39 is 11.8 Å². The first kappa shape index (κ1) is 12.3. The van der Waals surface area contributed by atoms with E-state index in [0.717, 1.165) is 36.1 Å². The third kappa shape index (κ3) is 1.57. The minimum Gasteiger partial charge on any atom is -0.328 e. The van der Waals surface area contributed by atoms with Crippen LogP contribution in [0.25, 0.3) is 10.9 Å². The van der Waals surface area contributed by atoms with Crippen molar-refractivity contribution in [2.45, 2.75) is 44.1 Å². The Morgan fingerprint density at radius 1 is 1.35 bits per heavy atom. The first-order chi connectivity index (χ1) is 9.62. The zero-order valence-electron chi connectivity index (χ0n) is 10.8. The van der Waals surface area contributed by atoms with Gasteiger partial charge >= 0.3 is 0 Å². The molecular weight excluding hydrogens is 280 g/mol. The van der Waals surface area contributed by atoms with Gasteiger partial charge in [-0.05, 0) is 25.3 Å². The molecule has 1 aliphatic heterocycles. The van der Waals surface area contributed by atoms with E-state index in [1.807, 2.05) is 0 Å². The van der Waals surface area contributed by atoms with E-state index in [2.05, 4.69) is 14.5 Å². The normalized spacial score (nSPS) is 19.6. The van der Waals surface area contributed by atoms with Crippen LogP contribution in [-0.4, -0.2) is 21.0 Å². The molecular formula is C14H13F2N3S. The van der Waals surface area contributed by atoms with Crippen LogP contribution >= 0.6 is 12.2 Å². The highest BCUT2D eigenvalue weighted by Gasteiger charge is 2.53. The Balaban J connectivity index is 1.95. The summed E-state index contributed by atoms with van der Waals surface area (Å²) in [4.78, 5) is 8.74. The number of aromatic nitrogens is 3. The monoisotopic (exact) mass is 293 g/mol. The van der Waals surface area contributed by atoms with Crippen molar-refractivity contribution in [3.8, 4) is 0 Å². The van der Waals surface area contributed by atoms with E-state index in [-0.39, 0.29) is 0 Å². The molecule has 1 aliphatic carbocycles. The average Bonchev–Trinajstić information content (AvgIpc) is 3.13. The molecule has 1 saturated carbocycles. The summed E-state index contributed by atoms with van der Waals surface area (Å²) in [7, 11) is 0. The van der Waals surface area contributed by atoms with Crippen molar-refractivity contribution in [3.63, 3.8) is 0 Å². The lowest BCUT2D eigenvalue weighted by molar-refractivity contribution is 0.0999.